The maximum atomic E-state index is 12.7. The van der Waals surface area contributed by atoms with Crippen LogP contribution in [0, 0.1) is 12.7 Å². The van der Waals surface area contributed by atoms with Crippen molar-refractivity contribution in [2.45, 2.75) is 6.92 Å². The van der Waals surface area contributed by atoms with Crippen molar-refractivity contribution in [2.75, 3.05) is 0 Å². The molecule has 1 rings (SSSR count). The predicted molar refractivity (Wildman–Crippen MR) is 46.2 cm³/mol. The molecule has 1 nitrogen and oxygen atoms in total. The molecule has 0 unspecified atom stereocenters. The van der Waals surface area contributed by atoms with Crippen LogP contribution in [0.3, 0.4) is 0 Å². The van der Waals surface area contributed by atoms with Gasteiger partial charge in [0.15, 0.2) is 0 Å². The summed E-state index contributed by atoms with van der Waals surface area (Å²) in [6.45, 7) is 1.86. The van der Waals surface area contributed by atoms with Crippen LogP contribution in [0.4, 0.5) is 4.39 Å². The molecule has 0 spiro atoms. The summed E-state index contributed by atoms with van der Waals surface area (Å²) in [6.07, 6.45) is 3.61. The fraction of sp³-hybridized carbons (Fsp3) is 0.100. The molecule has 0 fully saturated rings. The van der Waals surface area contributed by atoms with Gasteiger partial charge in [0.05, 0.1) is 0 Å². The largest absolute Gasteiger partial charge is 0.299 e. The number of benzene rings is 1. The first-order valence-electron chi connectivity index (χ1n) is 3.62. The summed E-state index contributed by atoms with van der Waals surface area (Å²) in [6, 6.07) is 4.47. The van der Waals surface area contributed by atoms with Gasteiger partial charge in [-0.15, -0.1) is 0 Å². The van der Waals surface area contributed by atoms with Crippen LogP contribution < -0.4 is 0 Å². The highest BCUT2D eigenvalue weighted by Crippen LogP contribution is 2.11. The second-order valence-electron chi connectivity index (χ2n) is 2.50. The first kappa shape index (κ1) is 8.65. The molecule has 0 saturated carbocycles. The Morgan fingerprint density at radius 2 is 2.17 bits per heavy atom. The molecule has 1 aromatic rings. The van der Waals surface area contributed by atoms with Gasteiger partial charge in [0.1, 0.15) is 12.1 Å². The van der Waals surface area contributed by atoms with E-state index in [1.165, 1.54) is 18.2 Å². The van der Waals surface area contributed by atoms with E-state index in [1.54, 1.807) is 12.1 Å². The normalized spacial score (nSPS) is 10.5. The van der Waals surface area contributed by atoms with Crippen molar-refractivity contribution in [3.05, 3.63) is 41.2 Å². The van der Waals surface area contributed by atoms with Crippen molar-refractivity contribution in [1.82, 2.24) is 0 Å². The Bertz CT molecular complexity index is 316. The van der Waals surface area contributed by atoms with Crippen LogP contribution in [0.25, 0.3) is 6.08 Å². The van der Waals surface area contributed by atoms with E-state index in [0.29, 0.717) is 6.29 Å². The van der Waals surface area contributed by atoms with Gasteiger partial charge in [0.2, 0.25) is 0 Å². The lowest BCUT2D eigenvalue weighted by Crippen LogP contribution is -1.82. The topological polar surface area (TPSA) is 17.1 Å². The highest BCUT2D eigenvalue weighted by atomic mass is 19.1. The van der Waals surface area contributed by atoms with E-state index in [-0.39, 0.29) is 5.82 Å². The van der Waals surface area contributed by atoms with Gasteiger partial charge in [0, 0.05) is 0 Å². The quantitative estimate of drug-likeness (QED) is 0.484. The standard InChI is InChI=1S/C10H9FO/c1-8-4-5-10(11)7-9(8)3-2-6-12/h2-7H,1H3/b3-2+. The van der Waals surface area contributed by atoms with E-state index in [1.807, 2.05) is 6.92 Å². The summed E-state index contributed by atoms with van der Waals surface area (Å²) in [7, 11) is 0. The van der Waals surface area contributed by atoms with Gasteiger partial charge in [-0.2, -0.15) is 0 Å². The molecule has 1 aromatic carbocycles. The minimum absolute atomic E-state index is 0.286. The Hall–Kier alpha value is -1.44. The lowest BCUT2D eigenvalue weighted by molar-refractivity contribution is -0.104. The third-order valence-electron chi connectivity index (χ3n) is 1.60. The lowest BCUT2D eigenvalue weighted by Gasteiger charge is -1.98. The molecule has 0 aliphatic heterocycles. The fourth-order valence-corrected chi connectivity index (χ4v) is 0.934. The molecule has 12 heavy (non-hydrogen) atoms. The number of hydrogen-bond acceptors (Lipinski definition) is 1. The van der Waals surface area contributed by atoms with Gasteiger partial charge in [-0.25, -0.2) is 4.39 Å². The van der Waals surface area contributed by atoms with Crippen molar-refractivity contribution in [1.29, 1.82) is 0 Å². The van der Waals surface area contributed by atoms with Gasteiger partial charge in [0.25, 0.3) is 0 Å². The zero-order chi connectivity index (χ0) is 8.97. The number of aldehydes is 1. The van der Waals surface area contributed by atoms with Gasteiger partial charge in [-0.1, -0.05) is 12.1 Å². The van der Waals surface area contributed by atoms with E-state index >= 15 is 0 Å². The first-order valence-corrected chi connectivity index (χ1v) is 3.62. The summed E-state index contributed by atoms with van der Waals surface area (Å²) in [5.74, 6) is -0.286. The third-order valence-corrected chi connectivity index (χ3v) is 1.60. The average molecular weight is 164 g/mol. The smallest absolute Gasteiger partial charge is 0.142 e. The third kappa shape index (κ3) is 2.02. The monoisotopic (exact) mass is 164 g/mol. The van der Waals surface area contributed by atoms with Crippen molar-refractivity contribution in [2.24, 2.45) is 0 Å². The maximum Gasteiger partial charge on any atom is 0.142 e. The number of rotatable bonds is 2. The van der Waals surface area contributed by atoms with Crippen molar-refractivity contribution >= 4 is 12.4 Å². The zero-order valence-corrected chi connectivity index (χ0v) is 6.75. The Balaban J connectivity index is 3.04. The Morgan fingerprint density at radius 3 is 2.83 bits per heavy atom. The van der Waals surface area contributed by atoms with E-state index in [9.17, 15) is 9.18 Å². The van der Waals surface area contributed by atoms with Crippen molar-refractivity contribution in [3.8, 4) is 0 Å². The summed E-state index contributed by atoms with van der Waals surface area (Å²) in [4.78, 5) is 9.99. The second-order valence-corrected chi connectivity index (χ2v) is 2.50. The van der Waals surface area contributed by atoms with E-state index in [2.05, 4.69) is 0 Å². The first-order chi connectivity index (χ1) is 5.74. The summed E-state index contributed by atoms with van der Waals surface area (Å²) < 4.78 is 12.7. The van der Waals surface area contributed by atoms with E-state index < -0.39 is 0 Å². The molecule has 0 bridgehead atoms. The van der Waals surface area contributed by atoms with Crippen LogP contribution in [-0.2, 0) is 4.79 Å². The number of allylic oxidation sites excluding steroid dienone is 1. The Morgan fingerprint density at radius 1 is 1.42 bits per heavy atom. The molecular formula is C10H9FO. The van der Waals surface area contributed by atoms with Crippen LogP contribution >= 0.6 is 0 Å². The van der Waals surface area contributed by atoms with Gasteiger partial charge in [-0.05, 0) is 36.3 Å². The molecule has 0 amide bonds. The fourth-order valence-electron chi connectivity index (χ4n) is 0.934. The molecule has 2 heteroatoms. The minimum Gasteiger partial charge on any atom is -0.299 e. The van der Waals surface area contributed by atoms with Crippen molar-refractivity contribution in [3.63, 3.8) is 0 Å². The number of aryl methyl sites for hydroxylation is 1. The molecule has 0 aliphatic carbocycles. The van der Waals surface area contributed by atoms with E-state index in [0.717, 1.165) is 11.1 Å². The van der Waals surface area contributed by atoms with Crippen LogP contribution in [0.2, 0.25) is 0 Å². The second kappa shape index (κ2) is 3.81. The molecule has 0 atom stereocenters. The van der Waals surface area contributed by atoms with Gasteiger partial charge >= 0.3 is 0 Å². The lowest BCUT2D eigenvalue weighted by atomic mass is 10.1. The van der Waals surface area contributed by atoms with Crippen molar-refractivity contribution < 1.29 is 9.18 Å². The molecule has 0 aliphatic rings. The molecule has 62 valence electrons. The highest BCUT2D eigenvalue weighted by molar-refractivity contribution is 5.74. The van der Waals surface area contributed by atoms with Gasteiger partial charge < -0.3 is 0 Å². The number of carbonyl (C=O) groups is 1. The highest BCUT2D eigenvalue weighted by Gasteiger charge is 1.95. The summed E-state index contributed by atoms with van der Waals surface area (Å²) in [5.41, 5.74) is 1.69. The molecular weight excluding hydrogens is 155 g/mol. The van der Waals surface area contributed by atoms with E-state index in [4.69, 9.17) is 0 Å². The number of hydrogen-bond donors (Lipinski definition) is 0. The Labute approximate surface area is 70.5 Å². The van der Waals surface area contributed by atoms with Crippen LogP contribution in [0.1, 0.15) is 11.1 Å². The van der Waals surface area contributed by atoms with Crippen LogP contribution in [-0.4, -0.2) is 6.29 Å². The maximum absolute atomic E-state index is 12.7. The molecule has 0 N–H and O–H groups in total. The summed E-state index contributed by atoms with van der Waals surface area (Å²) >= 11 is 0. The molecule has 0 saturated heterocycles. The zero-order valence-electron chi connectivity index (χ0n) is 6.75. The van der Waals surface area contributed by atoms with Gasteiger partial charge in [-0.3, -0.25) is 4.79 Å². The molecule has 0 radical (unpaired) electrons. The SMILES string of the molecule is Cc1ccc(F)cc1/C=C/C=O. The molecule has 0 aromatic heterocycles. The Kier molecular flexibility index (Phi) is 2.75. The summed E-state index contributed by atoms with van der Waals surface area (Å²) in [5, 5.41) is 0. The van der Waals surface area contributed by atoms with Crippen LogP contribution in [0.15, 0.2) is 24.3 Å². The average Bonchev–Trinajstić information content (AvgIpc) is 2.07. The number of halogens is 1. The molecule has 0 heterocycles. The van der Waals surface area contributed by atoms with Crippen LogP contribution in [0.5, 0.6) is 0 Å². The predicted octanol–water partition coefficient (Wildman–Crippen LogP) is 2.35. The minimum atomic E-state index is -0.286. The number of carbonyl (C=O) groups excluding carboxylic acids is 1.